The Labute approximate surface area is 142 Å². The molecular formula is C19H24N4O. The number of anilines is 2. The van der Waals surface area contributed by atoms with Gasteiger partial charge in [0.25, 0.3) is 5.91 Å². The van der Waals surface area contributed by atoms with E-state index < -0.39 is 0 Å². The van der Waals surface area contributed by atoms with Gasteiger partial charge in [-0.15, -0.1) is 0 Å². The van der Waals surface area contributed by atoms with E-state index in [4.69, 9.17) is 0 Å². The standard InChI is InChI=1S/C19H24N4O/c24-19(18-14-8-2-3-9-15(14)21-22-18)20-16-10-4-5-11-17(16)23-12-6-1-7-13-23/h4-5,10-11H,1-3,6-9,12-13H2,(H,20,24)(H,21,22). The summed E-state index contributed by atoms with van der Waals surface area (Å²) in [5, 5.41) is 10.4. The number of aromatic amines is 1. The molecule has 1 aromatic carbocycles. The van der Waals surface area contributed by atoms with Crippen molar-refractivity contribution in [2.24, 2.45) is 0 Å². The second-order valence-electron chi connectivity index (χ2n) is 6.76. The Balaban J connectivity index is 1.57. The Kier molecular flexibility index (Phi) is 4.24. The molecule has 1 aromatic heterocycles. The number of para-hydroxylation sites is 2. The van der Waals surface area contributed by atoms with E-state index in [1.165, 1.54) is 25.7 Å². The monoisotopic (exact) mass is 324 g/mol. The van der Waals surface area contributed by atoms with E-state index in [-0.39, 0.29) is 5.91 Å². The fourth-order valence-electron chi connectivity index (χ4n) is 3.84. The van der Waals surface area contributed by atoms with E-state index in [9.17, 15) is 4.79 Å². The van der Waals surface area contributed by atoms with Crippen molar-refractivity contribution in [2.75, 3.05) is 23.3 Å². The lowest BCUT2D eigenvalue weighted by atomic mass is 9.96. The summed E-state index contributed by atoms with van der Waals surface area (Å²) in [6, 6.07) is 8.10. The fourth-order valence-corrected chi connectivity index (χ4v) is 3.84. The summed E-state index contributed by atoms with van der Waals surface area (Å²) in [5.41, 5.74) is 4.81. The Morgan fingerprint density at radius 3 is 2.71 bits per heavy atom. The lowest BCUT2D eigenvalue weighted by Crippen LogP contribution is -2.30. The predicted octanol–water partition coefficient (Wildman–Crippen LogP) is 3.53. The van der Waals surface area contributed by atoms with Crippen LogP contribution < -0.4 is 10.2 Å². The highest BCUT2D eigenvalue weighted by Gasteiger charge is 2.23. The van der Waals surface area contributed by atoms with Crippen LogP contribution in [-0.2, 0) is 12.8 Å². The molecule has 0 unspecified atom stereocenters. The Morgan fingerprint density at radius 1 is 1.04 bits per heavy atom. The Hall–Kier alpha value is -2.30. The number of nitrogens with zero attached hydrogens (tertiary/aromatic N) is 2. The van der Waals surface area contributed by atoms with Crippen LogP contribution in [0.2, 0.25) is 0 Å². The van der Waals surface area contributed by atoms with Crippen molar-refractivity contribution in [1.29, 1.82) is 0 Å². The lowest BCUT2D eigenvalue weighted by Gasteiger charge is -2.30. The average molecular weight is 324 g/mol. The van der Waals surface area contributed by atoms with Crippen LogP contribution in [0.3, 0.4) is 0 Å². The van der Waals surface area contributed by atoms with Gasteiger partial charge in [-0.3, -0.25) is 9.89 Å². The third-order valence-corrected chi connectivity index (χ3v) is 5.12. The second kappa shape index (κ2) is 6.67. The maximum Gasteiger partial charge on any atom is 0.276 e. The number of fused-ring (bicyclic) bond motifs is 1. The van der Waals surface area contributed by atoms with E-state index in [1.54, 1.807) is 0 Å². The van der Waals surface area contributed by atoms with Crippen LogP contribution >= 0.6 is 0 Å². The third kappa shape index (κ3) is 2.90. The van der Waals surface area contributed by atoms with Gasteiger partial charge < -0.3 is 10.2 Å². The van der Waals surface area contributed by atoms with Crippen molar-refractivity contribution in [2.45, 2.75) is 44.9 Å². The summed E-state index contributed by atoms with van der Waals surface area (Å²) in [6.07, 6.45) is 7.99. The van der Waals surface area contributed by atoms with Crippen molar-refractivity contribution < 1.29 is 4.79 Å². The molecule has 0 saturated carbocycles. The van der Waals surface area contributed by atoms with Gasteiger partial charge in [-0.05, 0) is 57.1 Å². The molecule has 1 aliphatic heterocycles. The predicted molar refractivity (Wildman–Crippen MR) is 95.7 cm³/mol. The molecule has 1 saturated heterocycles. The fraction of sp³-hybridized carbons (Fsp3) is 0.474. The molecule has 1 fully saturated rings. The lowest BCUT2D eigenvalue weighted by molar-refractivity contribution is 0.102. The number of aryl methyl sites for hydroxylation is 1. The molecule has 24 heavy (non-hydrogen) atoms. The first-order valence-corrected chi connectivity index (χ1v) is 9.04. The van der Waals surface area contributed by atoms with Crippen LogP contribution in [0.5, 0.6) is 0 Å². The highest BCUT2D eigenvalue weighted by atomic mass is 16.2. The summed E-state index contributed by atoms with van der Waals surface area (Å²) >= 11 is 0. The molecule has 5 nitrogen and oxygen atoms in total. The zero-order valence-corrected chi connectivity index (χ0v) is 14.0. The molecule has 2 heterocycles. The van der Waals surface area contributed by atoms with Gasteiger partial charge >= 0.3 is 0 Å². The number of amides is 1. The molecule has 0 bridgehead atoms. The maximum atomic E-state index is 12.8. The van der Waals surface area contributed by atoms with Crippen molar-refractivity contribution in [3.63, 3.8) is 0 Å². The largest absolute Gasteiger partial charge is 0.370 e. The van der Waals surface area contributed by atoms with E-state index in [2.05, 4.69) is 26.5 Å². The number of hydrogen-bond acceptors (Lipinski definition) is 3. The van der Waals surface area contributed by atoms with Gasteiger partial charge in [0.05, 0.1) is 11.4 Å². The van der Waals surface area contributed by atoms with Gasteiger partial charge in [-0.25, -0.2) is 0 Å². The van der Waals surface area contributed by atoms with Crippen molar-refractivity contribution in [3.05, 3.63) is 41.2 Å². The number of aromatic nitrogens is 2. The van der Waals surface area contributed by atoms with Gasteiger partial charge in [0, 0.05) is 24.3 Å². The highest BCUT2D eigenvalue weighted by molar-refractivity contribution is 6.05. The van der Waals surface area contributed by atoms with Crippen LogP contribution in [0.4, 0.5) is 11.4 Å². The molecule has 0 spiro atoms. The van der Waals surface area contributed by atoms with Crippen LogP contribution in [-0.4, -0.2) is 29.2 Å². The van der Waals surface area contributed by atoms with Crippen molar-refractivity contribution >= 4 is 17.3 Å². The number of nitrogens with one attached hydrogen (secondary N) is 2. The van der Waals surface area contributed by atoms with Crippen molar-refractivity contribution in [3.8, 4) is 0 Å². The van der Waals surface area contributed by atoms with Crippen LogP contribution in [0.1, 0.15) is 53.8 Å². The third-order valence-electron chi connectivity index (χ3n) is 5.12. The molecular weight excluding hydrogens is 300 g/mol. The van der Waals surface area contributed by atoms with E-state index in [1.807, 2.05) is 18.2 Å². The van der Waals surface area contributed by atoms with Crippen LogP contribution in [0, 0.1) is 0 Å². The van der Waals surface area contributed by atoms with Crippen LogP contribution in [0.25, 0.3) is 0 Å². The number of H-pyrrole nitrogens is 1. The molecule has 1 aliphatic carbocycles. The first-order valence-electron chi connectivity index (χ1n) is 9.04. The normalized spacial score (nSPS) is 17.4. The van der Waals surface area contributed by atoms with Gasteiger partial charge in [-0.2, -0.15) is 5.10 Å². The molecule has 2 aromatic rings. The van der Waals surface area contributed by atoms with Gasteiger partial charge in [-0.1, -0.05) is 12.1 Å². The maximum absolute atomic E-state index is 12.8. The molecule has 2 aliphatic rings. The zero-order valence-electron chi connectivity index (χ0n) is 14.0. The molecule has 1 amide bonds. The molecule has 5 heteroatoms. The minimum absolute atomic E-state index is 0.0983. The Morgan fingerprint density at radius 2 is 1.83 bits per heavy atom. The summed E-state index contributed by atoms with van der Waals surface area (Å²) in [6.45, 7) is 2.12. The first-order chi connectivity index (χ1) is 11.8. The SMILES string of the molecule is O=C(Nc1ccccc1N1CCCCC1)c1n[nH]c2c1CCCC2. The minimum Gasteiger partial charge on any atom is -0.370 e. The first kappa shape index (κ1) is 15.2. The quantitative estimate of drug-likeness (QED) is 0.908. The topological polar surface area (TPSA) is 61.0 Å². The minimum atomic E-state index is -0.0983. The van der Waals surface area contributed by atoms with E-state index in [0.717, 1.165) is 55.0 Å². The summed E-state index contributed by atoms with van der Waals surface area (Å²) in [4.78, 5) is 15.1. The number of carbonyl (C=O) groups excluding carboxylic acids is 1. The number of rotatable bonds is 3. The zero-order chi connectivity index (χ0) is 16.4. The average Bonchev–Trinajstić information content (AvgIpc) is 3.07. The number of piperidine rings is 1. The summed E-state index contributed by atoms with van der Waals surface area (Å²) < 4.78 is 0. The highest BCUT2D eigenvalue weighted by Crippen LogP contribution is 2.29. The molecule has 126 valence electrons. The van der Waals surface area contributed by atoms with E-state index >= 15 is 0 Å². The van der Waals surface area contributed by atoms with Gasteiger partial charge in [0.1, 0.15) is 0 Å². The Bertz CT molecular complexity index is 731. The number of hydrogen-bond donors (Lipinski definition) is 2. The molecule has 2 N–H and O–H groups in total. The van der Waals surface area contributed by atoms with E-state index in [0.29, 0.717) is 5.69 Å². The second-order valence-corrected chi connectivity index (χ2v) is 6.76. The smallest absolute Gasteiger partial charge is 0.276 e. The number of benzene rings is 1. The van der Waals surface area contributed by atoms with Gasteiger partial charge in [0.2, 0.25) is 0 Å². The summed E-state index contributed by atoms with van der Waals surface area (Å²) in [5.74, 6) is -0.0983. The van der Waals surface area contributed by atoms with Crippen LogP contribution in [0.15, 0.2) is 24.3 Å². The summed E-state index contributed by atoms with van der Waals surface area (Å²) in [7, 11) is 0. The van der Waals surface area contributed by atoms with Gasteiger partial charge in [0.15, 0.2) is 5.69 Å². The molecule has 0 radical (unpaired) electrons. The molecule has 4 rings (SSSR count). The van der Waals surface area contributed by atoms with Crippen molar-refractivity contribution in [1.82, 2.24) is 10.2 Å². The molecule has 0 atom stereocenters. The number of carbonyl (C=O) groups is 1.